The third kappa shape index (κ3) is 2.68. The minimum atomic E-state index is 0.363. The van der Waals surface area contributed by atoms with Gasteiger partial charge >= 0.3 is 0 Å². The summed E-state index contributed by atoms with van der Waals surface area (Å²) in [6.07, 6.45) is 6.12. The lowest BCUT2D eigenvalue weighted by Crippen LogP contribution is -2.34. The number of nitriles is 1. The summed E-state index contributed by atoms with van der Waals surface area (Å²) in [6, 6.07) is 9.98. The topological polar surface area (TPSA) is 83.0 Å². The quantitative estimate of drug-likeness (QED) is 0.726. The highest BCUT2D eigenvalue weighted by Crippen LogP contribution is 2.39. The number of pyridine rings is 1. The molecule has 1 aliphatic heterocycles. The standard InChI is InChI=1S/C19H19N7/c20-11-13-1-5-17(21-12-13)25-9-7-15(8-10-25)19-23-22-18-6-4-16(14-2-3-14)24-26(18)19/h1,4-6,12,14-15H,2-3,7-10H2. The van der Waals surface area contributed by atoms with Crippen molar-refractivity contribution in [3.8, 4) is 6.07 Å². The van der Waals surface area contributed by atoms with Gasteiger partial charge in [0.1, 0.15) is 11.9 Å². The molecule has 7 heteroatoms. The fraction of sp³-hybridized carbons (Fsp3) is 0.421. The summed E-state index contributed by atoms with van der Waals surface area (Å²) >= 11 is 0. The molecule has 1 saturated carbocycles. The molecule has 7 nitrogen and oxygen atoms in total. The van der Waals surface area contributed by atoms with Crippen LogP contribution in [0.4, 0.5) is 5.82 Å². The van der Waals surface area contributed by atoms with Crippen LogP contribution in [-0.2, 0) is 0 Å². The first-order chi connectivity index (χ1) is 12.8. The second kappa shape index (κ2) is 6.06. The molecule has 2 fully saturated rings. The lowest BCUT2D eigenvalue weighted by Gasteiger charge is -2.31. The first-order valence-corrected chi connectivity index (χ1v) is 9.15. The highest BCUT2D eigenvalue weighted by atomic mass is 15.4. The first-order valence-electron chi connectivity index (χ1n) is 9.15. The van der Waals surface area contributed by atoms with Gasteiger partial charge < -0.3 is 4.90 Å². The molecule has 0 aromatic carbocycles. The number of hydrogen-bond acceptors (Lipinski definition) is 6. The number of rotatable bonds is 3. The molecular formula is C19H19N7. The highest BCUT2D eigenvalue weighted by Gasteiger charge is 2.28. The van der Waals surface area contributed by atoms with Crippen LogP contribution in [0.1, 0.15) is 54.6 Å². The molecule has 0 amide bonds. The van der Waals surface area contributed by atoms with Crippen LogP contribution < -0.4 is 4.90 Å². The summed E-state index contributed by atoms with van der Waals surface area (Å²) in [7, 11) is 0. The molecule has 4 heterocycles. The molecule has 3 aromatic rings. The Morgan fingerprint density at radius 1 is 0.962 bits per heavy atom. The van der Waals surface area contributed by atoms with Gasteiger partial charge in [0.25, 0.3) is 0 Å². The van der Waals surface area contributed by atoms with Crippen molar-refractivity contribution in [3.63, 3.8) is 0 Å². The Morgan fingerprint density at radius 3 is 2.50 bits per heavy atom. The second-order valence-corrected chi connectivity index (χ2v) is 7.14. The lowest BCUT2D eigenvalue weighted by molar-refractivity contribution is 0.474. The fourth-order valence-electron chi connectivity index (χ4n) is 3.68. The first kappa shape index (κ1) is 15.3. The normalized spacial score (nSPS) is 18.2. The molecule has 1 saturated heterocycles. The lowest BCUT2D eigenvalue weighted by atomic mass is 9.96. The zero-order valence-electron chi connectivity index (χ0n) is 14.4. The Kier molecular flexibility index (Phi) is 3.56. The zero-order chi connectivity index (χ0) is 17.5. The predicted molar refractivity (Wildman–Crippen MR) is 95.9 cm³/mol. The fourth-order valence-corrected chi connectivity index (χ4v) is 3.68. The second-order valence-electron chi connectivity index (χ2n) is 7.14. The summed E-state index contributed by atoms with van der Waals surface area (Å²) in [5, 5.41) is 22.4. The minimum Gasteiger partial charge on any atom is -0.357 e. The van der Waals surface area contributed by atoms with Crippen LogP contribution in [0.25, 0.3) is 5.65 Å². The van der Waals surface area contributed by atoms with Crippen LogP contribution >= 0.6 is 0 Å². The van der Waals surface area contributed by atoms with E-state index in [0.29, 0.717) is 17.4 Å². The Morgan fingerprint density at radius 2 is 1.81 bits per heavy atom. The number of aromatic nitrogens is 5. The van der Waals surface area contributed by atoms with Crippen molar-refractivity contribution < 1.29 is 0 Å². The van der Waals surface area contributed by atoms with Crippen molar-refractivity contribution in [3.05, 3.63) is 47.5 Å². The van der Waals surface area contributed by atoms with E-state index < -0.39 is 0 Å². The third-order valence-electron chi connectivity index (χ3n) is 5.36. The van der Waals surface area contributed by atoms with E-state index in [9.17, 15) is 0 Å². The number of fused-ring (bicyclic) bond motifs is 1. The van der Waals surface area contributed by atoms with Crippen LogP contribution in [0.15, 0.2) is 30.5 Å². The van der Waals surface area contributed by atoms with Gasteiger partial charge in [-0.3, -0.25) is 0 Å². The van der Waals surface area contributed by atoms with Crippen LogP contribution in [0.2, 0.25) is 0 Å². The van der Waals surface area contributed by atoms with Gasteiger partial charge in [0, 0.05) is 31.1 Å². The number of nitrogens with zero attached hydrogens (tertiary/aromatic N) is 7. The van der Waals surface area contributed by atoms with Gasteiger partial charge in [-0.25, -0.2) is 4.98 Å². The number of piperidine rings is 1. The molecular weight excluding hydrogens is 326 g/mol. The highest BCUT2D eigenvalue weighted by molar-refractivity contribution is 5.43. The van der Waals surface area contributed by atoms with Crippen LogP contribution in [0.3, 0.4) is 0 Å². The molecule has 130 valence electrons. The maximum atomic E-state index is 8.90. The minimum absolute atomic E-state index is 0.363. The van der Waals surface area contributed by atoms with Crippen molar-refractivity contribution in [2.24, 2.45) is 0 Å². The molecule has 0 atom stereocenters. The number of hydrogen-bond donors (Lipinski definition) is 0. The average Bonchev–Trinajstić information content (AvgIpc) is 3.47. The zero-order valence-corrected chi connectivity index (χ0v) is 14.4. The molecule has 0 spiro atoms. The van der Waals surface area contributed by atoms with E-state index in [-0.39, 0.29) is 0 Å². The molecule has 0 unspecified atom stereocenters. The van der Waals surface area contributed by atoms with E-state index in [4.69, 9.17) is 10.4 Å². The van der Waals surface area contributed by atoms with Gasteiger partial charge in [-0.2, -0.15) is 14.9 Å². The van der Waals surface area contributed by atoms with Crippen LogP contribution in [0, 0.1) is 11.3 Å². The van der Waals surface area contributed by atoms with E-state index in [2.05, 4.69) is 32.2 Å². The predicted octanol–water partition coefficient (Wildman–Crippen LogP) is 2.65. The maximum absolute atomic E-state index is 8.90. The molecule has 0 bridgehead atoms. The number of anilines is 1. The Bertz CT molecular complexity index is 973. The molecule has 1 aliphatic carbocycles. The Hall–Kier alpha value is -3.01. The van der Waals surface area contributed by atoms with E-state index in [1.807, 2.05) is 22.7 Å². The van der Waals surface area contributed by atoms with Crippen LogP contribution in [0.5, 0.6) is 0 Å². The Balaban J connectivity index is 1.34. The third-order valence-corrected chi connectivity index (χ3v) is 5.36. The summed E-state index contributed by atoms with van der Waals surface area (Å²) in [6.45, 7) is 1.83. The molecule has 0 radical (unpaired) electrons. The van der Waals surface area contributed by atoms with E-state index in [1.165, 1.54) is 12.8 Å². The van der Waals surface area contributed by atoms with E-state index in [0.717, 1.165) is 48.9 Å². The SMILES string of the molecule is N#Cc1ccc(N2CCC(c3nnc4ccc(C5CC5)nn34)CC2)nc1. The monoisotopic (exact) mass is 345 g/mol. The van der Waals surface area contributed by atoms with Crippen molar-refractivity contribution in [1.29, 1.82) is 5.26 Å². The van der Waals surface area contributed by atoms with Crippen molar-refractivity contribution in [2.75, 3.05) is 18.0 Å². The molecule has 2 aliphatic rings. The Labute approximate surface area is 151 Å². The van der Waals surface area contributed by atoms with Gasteiger partial charge in [-0.1, -0.05) is 0 Å². The summed E-state index contributed by atoms with van der Waals surface area (Å²) in [5.74, 6) is 2.90. The van der Waals surface area contributed by atoms with E-state index >= 15 is 0 Å². The van der Waals surface area contributed by atoms with Crippen molar-refractivity contribution in [2.45, 2.75) is 37.5 Å². The van der Waals surface area contributed by atoms with Gasteiger partial charge in [-0.15, -0.1) is 10.2 Å². The van der Waals surface area contributed by atoms with Crippen molar-refractivity contribution in [1.82, 2.24) is 24.8 Å². The largest absolute Gasteiger partial charge is 0.357 e. The molecule has 0 N–H and O–H groups in total. The maximum Gasteiger partial charge on any atom is 0.177 e. The molecule has 3 aromatic heterocycles. The molecule has 26 heavy (non-hydrogen) atoms. The van der Waals surface area contributed by atoms with Gasteiger partial charge in [0.15, 0.2) is 11.5 Å². The summed E-state index contributed by atoms with van der Waals surface area (Å²) in [5.41, 5.74) is 2.59. The van der Waals surface area contributed by atoms with E-state index in [1.54, 1.807) is 6.20 Å². The smallest absolute Gasteiger partial charge is 0.177 e. The van der Waals surface area contributed by atoms with Crippen LogP contribution in [-0.4, -0.2) is 37.9 Å². The summed E-state index contributed by atoms with van der Waals surface area (Å²) in [4.78, 5) is 6.67. The average molecular weight is 345 g/mol. The van der Waals surface area contributed by atoms with Crippen molar-refractivity contribution >= 4 is 11.5 Å². The van der Waals surface area contributed by atoms with Gasteiger partial charge in [-0.05, 0) is 49.9 Å². The van der Waals surface area contributed by atoms with Gasteiger partial charge in [0.05, 0.1) is 11.3 Å². The summed E-state index contributed by atoms with van der Waals surface area (Å²) < 4.78 is 1.95. The van der Waals surface area contributed by atoms with Gasteiger partial charge in [0.2, 0.25) is 0 Å². The molecule has 5 rings (SSSR count).